The van der Waals surface area contributed by atoms with Gasteiger partial charge in [-0.05, 0) is 22.0 Å². The minimum Gasteiger partial charge on any atom is -0.166 e. The molecule has 62 valence electrons. The molecule has 0 nitrogen and oxygen atoms in total. The normalized spacial score (nSPS) is 12.1. The average Bonchev–Trinajstić information content (AvgIpc) is 2.08. The first-order valence-electron chi connectivity index (χ1n) is 2.43. The highest BCUT2D eigenvalue weighted by Gasteiger charge is 2.34. The molecular formula is C5HBrClF3S. The Morgan fingerprint density at radius 1 is 1.45 bits per heavy atom. The van der Waals surface area contributed by atoms with Crippen molar-refractivity contribution in [3.05, 3.63) is 19.8 Å². The lowest BCUT2D eigenvalue weighted by Crippen LogP contribution is -2.02. The third kappa shape index (κ3) is 2.10. The van der Waals surface area contributed by atoms with Crippen molar-refractivity contribution in [2.24, 2.45) is 0 Å². The molecule has 6 heteroatoms. The number of hydrogen-bond donors (Lipinski definition) is 0. The predicted octanol–water partition coefficient (Wildman–Crippen LogP) is 4.18. The molecule has 0 amide bonds. The van der Waals surface area contributed by atoms with Gasteiger partial charge in [-0.2, -0.15) is 13.2 Å². The molecule has 1 heterocycles. The van der Waals surface area contributed by atoms with Crippen LogP contribution in [0.15, 0.2) is 9.85 Å². The monoisotopic (exact) mass is 264 g/mol. The van der Waals surface area contributed by atoms with E-state index in [-0.39, 0.29) is 4.34 Å². The number of rotatable bonds is 0. The molecule has 0 fully saturated rings. The highest BCUT2D eigenvalue weighted by Crippen LogP contribution is 2.41. The second-order valence-corrected chi connectivity index (χ2v) is 4.77. The third-order valence-corrected chi connectivity index (χ3v) is 2.82. The van der Waals surface area contributed by atoms with Crippen molar-refractivity contribution in [3.8, 4) is 0 Å². The zero-order valence-electron chi connectivity index (χ0n) is 4.88. The molecule has 0 spiro atoms. The van der Waals surface area contributed by atoms with Crippen LogP contribution in [0.3, 0.4) is 0 Å². The van der Waals surface area contributed by atoms with Gasteiger partial charge in [-0.3, -0.25) is 0 Å². The summed E-state index contributed by atoms with van der Waals surface area (Å²) in [6.07, 6.45) is -4.35. The van der Waals surface area contributed by atoms with Crippen LogP contribution in [-0.2, 0) is 6.18 Å². The summed E-state index contributed by atoms with van der Waals surface area (Å²) in [5.74, 6) is 0. The molecule has 11 heavy (non-hydrogen) atoms. The maximum Gasteiger partial charge on any atom is 0.418 e. The summed E-state index contributed by atoms with van der Waals surface area (Å²) < 4.78 is 36.0. The lowest BCUT2D eigenvalue weighted by molar-refractivity contribution is -0.137. The molecule has 0 bridgehead atoms. The molecule has 0 aliphatic rings. The maximum absolute atomic E-state index is 12.0. The molecule has 0 N–H and O–H groups in total. The van der Waals surface area contributed by atoms with E-state index in [1.807, 2.05) is 0 Å². The van der Waals surface area contributed by atoms with E-state index in [1.54, 1.807) is 0 Å². The summed E-state index contributed by atoms with van der Waals surface area (Å²) in [5, 5.41) is 0. The molecule has 0 aliphatic heterocycles. The average molecular weight is 265 g/mol. The zero-order valence-corrected chi connectivity index (χ0v) is 8.03. The number of thiophene rings is 1. The quantitative estimate of drug-likeness (QED) is 0.660. The lowest BCUT2D eigenvalue weighted by Gasteiger charge is -2.02. The van der Waals surface area contributed by atoms with Crippen molar-refractivity contribution < 1.29 is 13.2 Å². The zero-order chi connectivity index (χ0) is 8.65. The van der Waals surface area contributed by atoms with Crippen LogP contribution in [-0.4, -0.2) is 0 Å². The van der Waals surface area contributed by atoms with Gasteiger partial charge in [0.05, 0.1) is 9.35 Å². The number of hydrogen-bond acceptors (Lipinski definition) is 1. The molecule has 0 aromatic carbocycles. The van der Waals surface area contributed by atoms with E-state index in [0.717, 1.165) is 17.4 Å². The Morgan fingerprint density at radius 2 is 2.00 bits per heavy atom. The van der Waals surface area contributed by atoms with Crippen molar-refractivity contribution in [2.45, 2.75) is 6.18 Å². The topological polar surface area (TPSA) is 0 Å². The first kappa shape index (κ1) is 9.35. The fourth-order valence-electron chi connectivity index (χ4n) is 0.534. The SMILES string of the molecule is FC(F)(F)c1cc(Br)sc1Cl. The van der Waals surface area contributed by atoms with Gasteiger partial charge in [0.1, 0.15) is 4.34 Å². The standard InChI is InChI=1S/C5HBrClF3S/c6-3-1-2(4(7)11-3)5(8,9)10/h1H. The van der Waals surface area contributed by atoms with Crippen LogP contribution < -0.4 is 0 Å². The fourth-order valence-corrected chi connectivity index (χ4v) is 2.57. The summed E-state index contributed by atoms with van der Waals surface area (Å²) in [6.45, 7) is 0. The third-order valence-electron chi connectivity index (χ3n) is 0.962. The van der Waals surface area contributed by atoms with Crippen LogP contribution in [0.4, 0.5) is 13.2 Å². The van der Waals surface area contributed by atoms with Gasteiger partial charge in [0.2, 0.25) is 0 Å². The van der Waals surface area contributed by atoms with Gasteiger partial charge >= 0.3 is 6.18 Å². The summed E-state index contributed by atoms with van der Waals surface area (Å²) in [5.41, 5.74) is -0.781. The Bertz CT molecular complexity index is 267. The van der Waals surface area contributed by atoms with Crippen molar-refractivity contribution >= 4 is 38.9 Å². The van der Waals surface area contributed by atoms with Gasteiger partial charge in [-0.15, -0.1) is 11.3 Å². The molecule has 0 saturated carbocycles. The van der Waals surface area contributed by atoms with Crippen molar-refractivity contribution in [3.63, 3.8) is 0 Å². The minimum absolute atomic E-state index is 0.232. The number of halogens is 5. The van der Waals surface area contributed by atoms with Crippen LogP contribution >= 0.6 is 38.9 Å². The van der Waals surface area contributed by atoms with E-state index in [9.17, 15) is 13.2 Å². The Labute approximate surface area is 78.1 Å². The highest BCUT2D eigenvalue weighted by atomic mass is 79.9. The molecular weight excluding hydrogens is 264 g/mol. The van der Waals surface area contributed by atoms with E-state index in [4.69, 9.17) is 11.6 Å². The smallest absolute Gasteiger partial charge is 0.166 e. The first-order valence-corrected chi connectivity index (χ1v) is 4.42. The lowest BCUT2D eigenvalue weighted by atomic mass is 10.3. The van der Waals surface area contributed by atoms with E-state index in [2.05, 4.69) is 15.9 Å². The van der Waals surface area contributed by atoms with Gasteiger partial charge in [-0.1, -0.05) is 11.6 Å². The Kier molecular flexibility index (Phi) is 2.51. The van der Waals surface area contributed by atoms with Crippen LogP contribution in [0, 0.1) is 0 Å². The number of alkyl halides is 3. The van der Waals surface area contributed by atoms with Crippen molar-refractivity contribution in [1.29, 1.82) is 0 Å². The second-order valence-electron chi connectivity index (χ2n) is 1.74. The van der Waals surface area contributed by atoms with Crippen LogP contribution in [0.1, 0.15) is 5.56 Å². The minimum atomic E-state index is -4.35. The summed E-state index contributed by atoms with van der Waals surface area (Å²) >= 11 is 9.07. The molecule has 0 saturated heterocycles. The highest BCUT2D eigenvalue weighted by molar-refractivity contribution is 9.11. The largest absolute Gasteiger partial charge is 0.418 e. The van der Waals surface area contributed by atoms with Crippen molar-refractivity contribution in [1.82, 2.24) is 0 Å². The molecule has 0 aliphatic carbocycles. The maximum atomic E-state index is 12.0. The molecule has 0 atom stereocenters. The first-order chi connectivity index (χ1) is 4.91. The molecule has 0 unspecified atom stereocenters. The van der Waals surface area contributed by atoms with Gasteiger partial charge in [0.15, 0.2) is 0 Å². The Morgan fingerprint density at radius 3 is 2.18 bits per heavy atom. The molecule has 1 aromatic heterocycles. The Balaban J connectivity index is 3.13. The van der Waals surface area contributed by atoms with Gasteiger partial charge in [-0.25, -0.2) is 0 Å². The fraction of sp³-hybridized carbons (Fsp3) is 0.200. The van der Waals surface area contributed by atoms with Crippen LogP contribution in [0.2, 0.25) is 4.34 Å². The molecule has 0 radical (unpaired) electrons. The van der Waals surface area contributed by atoms with Gasteiger partial charge in [0, 0.05) is 0 Å². The Hall–Kier alpha value is 0.260. The molecule has 1 rings (SSSR count). The van der Waals surface area contributed by atoms with E-state index < -0.39 is 11.7 Å². The van der Waals surface area contributed by atoms with Crippen LogP contribution in [0.5, 0.6) is 0 Å². The van der Waals surface area contributed by atoms with Crippen molar-refractivity contribution in [2.75, 3.05) is 0 Å². The van der Waals surface area contributed by atoms with Gasteiger partial charge < -0.3 is 0 Å². The van der Waals surface area contributed by atoms with Gasteiger partial charge in [0.25, 0.3) is 0 Å². The van der Waals surface area contributed by atoms with Crippen LogP contribution in [0.25, 0.3) is 0 Å². The molecule has 1 aromatic rings. The van der Waals surface area contributed by atoms with E-state index in [1.165, 1.54) is 0 Å². The summed E-state index contributed by atoms with van der Waals surface area (Å²) in [6, 6.07) is 0.965. The summed E-state index contributed by atoms with van der Waals surface area (Å²) in [4.78, 5) is 0. The predicted molar refractivity (Wildman–Crippen MR) is 42.0 cm³/mol. The summed E-state index contributed by atoms with van der Waals surface area (Å²) in [7, 11) is 0. The van der Waals surface area contributed by atoms with E-state index >= 15 is 0 Å². The second kappa shape index (κ2) is 2.95. The van der Waals surface area contributed by atoms with E-state index in [0.29, 0.717) is 3.79 Å².